The topological polar surface area (TPSA) is 69.0 Å². The molecule has 2 aromatic carbocycles. The third-order valence-electron chi connectivity index (χ3n) is 3.81. The summed E-state index contributed by atoms with van der Waals surface area (Å²) in [5.41, 5.74) is 2.03. The maximum atomic E-state index is 12.1. The van der Waals surface area contributed by atoms with Crippen molar-refractivity contribution in [2.24, 2.45) is 0 Å². The number of hydrogen-bond acceptors (Lipinski definition) is 4. The molecule has 1 heterocycles. The number of amides is 1. The fourth-order valence-corrected chi connectivity index (χ4v) is 2.49. The van der Waals surface area contributed by atoms with E-state index in [1.54, 1.807) is 6.33 Å². The number of benzene rings is 2. The molecule has 0 aliphatic rings. The Morgan fingerprint density at radius 2 is 1.88 bits per heavy atom. The number of carbonyl (C=O) groups excluding carboxylic acids is 1. The Morgan fingerprint density at radius 3 is 2.68 bits per heavy atom. The van der Waals surface area contributed by atoms with E-state index in [1.807, 2.05) is 59.2 Å². The zero-order valence-corrected chi connectivity index (χ0v) is 14.1. The Labute approximate surface area is 146 Å². The second-order valence-corrected chi connectivity index (χ2v) is 5.48. The minimum atomic E-state index is -0.200. The van der Waals surface area contributed by atoms with Crippen molar-refractivity contribution in [2.75, 3.05) is 6.61 Å². The molecule has 1 aromatic heterocycles. The molecule has 1 N–H and O–H groups in total. The summed E-state index contributed by atoms with van der Waals surface area (Å²) in [4.78, 5) is 12.1. The highest BCUT2D eigenvalue weighted by atomic mass is 16.5. The summed E-state index contributed by atoms with van der Waals surface area (Å²) >= 11 is 0. The monoisotopic (exact) mass is 336 g/mol. The summed E-state index contributed by atoms with van der Waals surface area (Å²) in [6.45, 7) is 2.31. The lowest BCUT2D eigenvalue weighted by atomic mass is 10.1. The van der Waals surface area contributed by atoms with Gasteiger partial charge in [0, 0.05) is 5.69 Å². The van der Waals surface area contributed by atoms with Crippen molar-refractivity contribution in [3.63, 3.8) is 0 Å². The normalized spacial score (nSPS) is 10.4. The minimum Gasteiger partial charge on any atom is -0.483 e. The lowest BCUT2D eigenvalue weighted by Crippen LogP contribution is -2.29. The highest BCUT2D eigenvalue weighted by Crippen LogP contribution is 2.18. The molecule has 6 nitrogen and oxygen atoms in total. The molecule has 3 aromatic rings. The Hall–Kier alpha value is -3.15. The first kappa shape index (κ1) is 16.7. The number of aromatic nitrogens is 3. The molecule has 0 radical (unpaired) electrons. The fourth-order valence-electron chi connectivity index (χ4n) is 2.49. The van der Waals surface area contributed by atoms with E-state index in [0.717, 1.165) is 23.4 Å². The van der Waals surface area contributed by atoms with Gasteiger partial charge in [0.2, 0.25) is 0 Å². The molecule has 0 aliphatic heterocycles. The van der Waals surface area contributed by atoms with Crippen molar-refractivity contribution in [2.45, 2.75) is 19.9 Å². The third kappa shape index (κ3) is 4.23. The molecule has 0 spiro atoms. The van der Waals surface area contributed by atoms with Crippen LogP contribution in [0.1, 0.15) is 18.3 Å². The van der Waals surface area contributed by atoms with Gasteiger partial charge in [-0.25, -0.2) is 0 Å². The van der Waals surface area contributed by atoms with Gasteiger partial charge in [0.1, 0.15) is 12.1 Å². The van der Waals surface area contributed by atoms with Gasteiger partial charge in [-0.2, -0.15) is 0 Å². The largest absolute Gasteiger partial charge is 0.483 e. The van der Waals surface area contributed by atoms with E-state index >= 15 is 0 Å². The number of aryl methyl sites for hydroxylation is 1. The lowest BCUT2D eigenvalue weighted by molar-refractivity contribution is -0.123. The Balaban J connectivity index is 1.56. The molecule has 6 heteroatoms. The van der Waals surface area contributed by atoms with Gasteiger partial charge in [-0.05, 0) is 30.2 Å². The summed E-state index contributed by atoms with van der Waals surface area (Å²) in [6, 6.07) is 17.5. The predicted molar refractivity (Wildman–Crippen MR) is 94.5 cm³/mol. The second-order valence-electron chi connectivity index (χ2n) is 5.48. The van der Waals surface area contributed by atoms with Crippen LogP contribution < -0.4 is 10.1 Å². The van der Waals surface area contributed by atoms with Crippen molar-refractivity contribution in [1.29, 1.82) is 0 Å². The molecule has 0 bridgehead atoms. The summed E-state index contributed by atoms with van der Waals surface area (Å²) < 4.78 is 7.46. The van der Waals surface area contributed by atoms with Crippen molar-refractivity contribution < 1.29 is 9.53 Å². The van der Waals surface area contributed by atoms with E-state index in [9.17, 15) is 4.79 Å². The third-order valence-corrected chi connectivity index (χ3v) is 3.81. The molecule has 0 saturated heterocycles. The van der Waals surface area contributed by atoms with Gasteiger partial charge in [-0.3, -0.25) is 9.36 Å². The average molecular weight is 336 g/mol. The highest BCUT2D eigenvalue weighted by Gasteiger charge is 2.09. The average Bonchev–Trinajstić information content (AvgIpc) is 3.14. The molecule has 0 saturated carbocycles. The van der Waals surface area contributed by atoms with E-state index in [2.05, 4.69) is 22.4 Å². The first-order chi connectivity index (χ1) is 12.3. The van der Waals surface area contributed by atoms with Gasteiger partial charge in [-0.1, -0.05) is 43.3 Å². The van der Waals surface area contributed by atoms with Crippen LogP contribution in [0.15, 0.2) is 60.9 Å². The standard InChI is InChI=1S/C19H20N4O2/c1-2-15-8-6-7-11-17(15)25-13-19(24)20-12-18-22-21-14-23(18)16-9-4-3-5-10-16/h3-11,14H,2,12-13H2,1H3,(H,20,24). The smallest absolute Gasteiger partial charge is 0.258 e. The van der Waals surface area contributed by atoms with Gasteiger partial charge < -0.3 is 10.1 Å². The number of hydrogen-bond donors (Lipinski definition) is 1. The van der Waals surface area contributed by atoms with Crippen LogP contribution >= 0.6 is 0 Å². The van der Waals surface area contributed by atoms with Crippen LogP contribution in [0, 0.1) is 0 Å². The van der Waals surface area contributed by atoms with Gasteiger partial charge in [0.15, 0.2) is 12.4 Å². The van der Waals surface area contributed by atoms with Gasteiger partial charge in [0.25, 0.3) is 5.91 Å². The minimum absolute atomic E-state index is 0.0313. The maximum absolute atomic E-state index is 12.1. The van der Waals surface area contributed by atoms with E-state index < -0.39 is 0 Å². The zero-order valence-electron chi connectivity index (χ0n) is 14.1. The van der Waals surface area contributed by atoms with Crippen molar-refractivity contribution in [1.82, 2.24) is 20.1 Å². The van der Waals surface area contributed by atoms with Crippen molar-refractivity contribution in [3.05, 3.63) is 72.3 Å². The van der Waals surface area contributed by atoms with Crippen LogP contribution in [0.25, 0.3) is 5.69 Å². The number of rotatable bonds is 7. The van der Waals surface area contributed by atoms with Crippen LogP contribution in [-0.4, -0.2) is 27.3 Å². The number of nitrogens with one attached hydrogen (secondary N) is 1. The highest BCUT2D eigenvalue weighted by molar-refractivity contribution is 5.77. The Morgan fingerprint density at radius 1 is 1.12 bits per heavy atom. The Bertz CT molecular complexity index is 830. The molecule has 0 fully saturated rings. The lowest BCUT2D eigenvalue weighted by Gasteiger charge is -2.11. The van der Waals surface area contributed by atoms with Crippen LogP contribution in [-0.2, 0) is 17.8 Å². The molecule has 0 unspecified atom stereocenters. The molecule has 128 valence electrons. The first-order valence-electron chi connectivity index (χ1n) is 8.19. The maximum Gasteiger partial charge on any atom is 0.258 e. The molecular formula is C19H20N4O2. The van der Waals surface area contributed by atoms with Crippen molar-refractivity contribution >= 4 is 5.91 Å². The molecule has 3 rings (SSSR count). The van der Waals surface area contributed by atoms with E-state index in [-0.39, 0.29) is 19.1 Å². The zero-order chi connectivity index (χ0) is 17.5. The van der Waals surface area contributed by atoms with Crippen LogP contribution in [0.4, 0.5) is 0 Å². The molecular weight excluding hydrogens is 316 g/mol. The van der Waals surface area contributed by atoms with Gasteiger partial charge >= 0.3 is 0 Å². The molecule has 1 amide bonds. The fraction of sp³-hybridized carbons (Fsp3) is 0.211. The number of carbonyl (C=O) groups is 1. The van der Waals surface area contributed by atoms with Crippen LogP contribution in [0.5, 0.6) is 5.75 Å². The molecule has 0 aliphatic carbocycles. The number of nitrogens with zero attached hydrogens (tertiary/aromatic N) is 3. The van der Waals surface area contributed by atoms with E-state index in [4.69, 9.17) is 4.74 Å². The van der Waals surface area contributed by atoms with Crippen molar-refractivity contribution in [3.8, 4) is 11.4 Å². The second kappa shape index (κ2) is 8.10. The number of ether oxygens (including phenoxy) is 1. The van der Waals surface area contributed by atoms with E-state index in [0.29, 0.717) is 5.82 Å². The molecule has 0 atom stereocenters. The summed E-state index contributed by atoms with van der Waals surface area (Å²) in [7, 11) is 0. The van der Waals surface area contributed by atoms with Gasteiger partial charge in [0.05, 0.1) is 6.54 Å². The summed E-state index contributed by atoms with van der Waals surface area (Å²) in [6.07, 6.45) is 2.49. The first-order valence-corrected chi connectivity index (χ1v) is 8.19. The van der Waals surface area contributed by atoms with Crippen LogP contribution in [0.2, 0.25) is 0 Å². The SMILES string of the molecule is CCc1ccccc1OCC(=O)NCc1nncn1-c1ccccc1. The summed E-state index contributed by atoms with van der Waals surface area (Å²) in [5, 5.41) is 10.8. The molecule has 25 heavy (non-hydrogen) atoms. The Kier molecular flexibility index (Phi) is 5.41. The quantitative estimate of drug-likeness (QED) is 0.720. The number of para-hydroxylation sites is 2. The van der Waals surface area contributed by atoms with Gasteiger partial charge in [-0.15, -0.1) is 10.2 Å². The van der Waals surface area contributed by atoms with E-state index in [1.165, 1.54) is 0 Å². The summed E-state index contributed by atoms with van der Waals surface area (Å²) in [5.74, 6) is 1.20. The van der Waals surface area contributed by atoms with Crippen LogP contribution in [0.3, 0.4) is 0 Å². The predicted octanol–water partition coefficient (Wildman–Crippen LogP) is 2.52.